The molecule has 1 fully saturated rings. The fourth-order valence-electron chi connectivity index (χ4n) is 4.45. The van der Waals surface area contributed by atoms with Crippen molar-refractivity contribution >= 4 is 22.7 Å². The van der Waals surface area contributed by atoms with E-state index in [-0.39, 0.29) is 18.4 Å². The Morgan fingerprint density at radius 3 is 2.62 bits per heavy atom. The van der Waals surface area contributed by atoms with Gasteiger partial charge in [-0.1, -0.05) is 29.8 Å². The molecule has 4 aromatic rings. The number of aromatic nitrogens is 4. The Hall–Kier alpha value is -3.53. The van der Waals surface area contributed by atoms with Crippen LogP contribution in [0.25, 0.3) is 22.3 Å². The number of thioether (sulfide) groups is 1. The highest BCUT2D eigenvalue weighted by Crippen LogP contribution is 2.37. The summed E-state index contributed by atoms with van der Waals surface area (Å²) in [7, 11) is 1.62. The van der Waals surface area contributed by atoms with Crippen molar-refractivity contribution in [3.63, 3.8) is 0 Å². The Bertz CT molecular complexity index is 1410. The third-order valence-corrected chi connectivity index (χ3v) is 7.13. The molecule has 0 amide bonds. The Morgan fingerprint density at radius 2 is 1.85 bits per heavy atom. The first-order chi connectivity index (χ1) is 16.7. The van der Waals surface area contributed by atoms with Crippen LogP contribution in [0.5, 0.6) is 17.2 Å². The van der Waals surface area contributed by atoms with Crippen molar-refractivity contribution in [1.29, 1.82) is 0 Å². The van der Waals surface area contributed by atoms with Gasteiger partial charge in [-0.25, -0.2) is 4.98 Å². The molecule has 2 aromatic heterocycles. The minimum absolute atomic E-state index is 0.0536. The molecule has 0 spiro atoms. The molecule has 0 radical (unpaired) electrons. The van der Waals surface area contributed by atoms with Crippen LogP contribution in [0.4, 0.5) is 0 Å². The summed E-state index contributed by atoms with van der Waals surface area (Å²) in [4.78, 5) is 22.9. The minimum atomic E-state index is -0.0536. The van der Waals surface area contributed by atoms with E-state index in [4.69, 9.17) is 23.7 Å². The molecule has 2 aromatic carbocycles. The lowest BCUT2D eigenvalue weighted by Crippen LogP contribution is -2.26. The normalized spacial score (nSPS) is 15.3. The molecule has 1 aliphatic carbocycles. The molecule has 10 heteroatoms. The minimum Gasteiger partial charge on any atom is -0.497 e. The van der Waals surface area contributed by atoms with Crippen molar-refractivity contribution in [1.82, 2.24) is 19.7 Å². The van der Waals surface area contributed by atoms with Crippen LogP contribution in [0.1, 0.15) is 37.6 Å². The third kappa shape index (κ3) is 3.77. The second kappa shape index (κ2) is 8.68. The summed E-state index contributed by atoms with van der Waals surface area (Å²) >= 11 is 1.43. The molecule has 174 valence electrons. The van der Waals surface area contributed by atoms with E-state index in [1.807, 2.05) is 28.8 Å². The molecule has 0 atom stereocenters. The van der Waals surface area contributed by atoms with E-state index in [1.54, 1.807) is 19.2 Å². The van der Waals surface area contributed by atoms with E-state index >= 15 is 0 Å². The lowest BCUT2D eigenvalue weighted by molar-refractivity contribution is 0.174. The molecule has 0 N–H and O–H groups in total. The molecule has 0 bridgehead atoms. The van der Waals surface area contributed by atoms with Crippen LogP contribution in [-0.4, -0.2) is 33.6 Å². The lowest BCUT2D eigenvalue weighted by Gasteiger charge is -2.18. The highest BCUT2D eigenvalue weighted by Gasteiger charge is 2.25. The number of hydrogen-bond donors (Lipinski definition) is 0. The second-order valence-corrected chi connectivity index (χ2v) is 9.20. The Labute approximate surface area is 199 Å². The molecule has 0 unspecified atom stereocenters. The van der Waals surface area contributed by atoms with Gasteiger partial charge in [0.1, 0.15) is 5.75 Å². The number of ether oxygens (including phenoxy) is 3. The van der Waals surface area contributed by atoms with Crippen LogP contribution in [-0.2, 0) is 5.75 Å². The maximum absolute atomic E-state index is 13.5. The number of methoxy groups -OCH3 is 1. The van der Waals surface area contributed by atoms with Gasteiger partial charge < -0.3 is 18.7 Å². The van der Waals surface area contributed by atoms with Gasteiger partial charge in [0.25, 0.3) is 5.56 Å². The highest BCUT2D eigenvalue weighted by atomic mass is 32.2. The third-order valence-electron chi connectivity index (χ3n) is 6.19. The van der Waals surface area contributed by atoms with Crippen LogP contribution >= 0.6 is 11.8 Å². The SMILES string of the molecule is COc1ccc(-c2noc(CSc3nc4cc5c(cc4c(=O)n3C3CCCC3)OCO5)n2)cc1. The largest absolute Gasteiger partial charge is 0.497 e. The number of benzene rings is 2. The zero-order valence-electron chi connectivity index (χ0n) is 18.5. The molecular formula is C24H22N4O5S. The molecule has 9 nitrogen and oxygen atoms in total. The summed E-state index contributed by atoms with van der Waals surface area (Å²) in [5.74, 6) is 3.33. The first-order valence-electron chi connectivity index (χ1n) is 11.2. The van der Waals surface area contributed by atoms with Crippen LogP contribution in [0.3, 0.4) is 0 Å². The van der Waals surface area contributed by atoms with Crippen molar-refractivity contribution < 1.29 is 18.7 Å². The van der Waals surface area contributed by atoms with Crippen molar-refractivity contribution in [2.45, 2.75) is 42.6 Å². The van der Waals surface area contributed by atoms with Gasteiger partial charge in [-0.2, -0.15) is 4.98 Å². The van der Waals surface area contributed by atoms with E-state index in [2.05, 4.69) is 10.1 Å². The van der Waals surface area contributed by atoms with E-state index in [1.165, 1.54) is 11.8 Å². The molecule has 1 saturated carbocycles. The summed E-state index contributed by atoms with van der Waals surface area (Å²) in [5.41, 5.74) is 1.38. The molecule has 3 heterocycles. The zero-order valence-corrected chi connectivity index (χ0v) is 19.3. The predicted molar refractivity (Wildman–Crippen MR) is 125 cm³/mol. The number of nitrogens with zero attached hydrogens (tertiary/aromatic N) is 4. The second-order valence-electron chi connectivity index (χ2n) is 8.26. The number of fused-ring (bicyclic) bond motifs is 2. The van der Waals surface area contributed by atoms with E-state index in [9.17, 15) is 4.79 Å². The van der Waals surface area contributed by atoms with Gasteiger partial charge in [0, 0.05) is 17.7 Å². The fourth-order valence-corrected chi connectivity index (χ4v) is 5.36. The number of hydrogen-bond acceptors (Lipinski definition) is 9. The first-order valence-corrected chi connectivity index (χ1v) is 12.1. The summed E-state index contributed by atoms with van der Waals surface area (Å²) in [5, 5.41) is 5.29. The Kier molecular flexibility index (Phi) is 5.37. The average molecular weight is 479 g/mol. The van der Waals surface area contributed by atoms with E-state index in [0.29, 0.717) is 45.0 Å². The van der Waals surface area contributed by atoms with Crippen molar-refractivity contribution in [2.24, 2.45) is 0 Å². The number of rotatable bonds is 6. The summed E-state index contributed by atoms with van der Waals surface area (Å²) in [6.07, 6.45) is 4.14. The molecule has 6 rings (SSSR count). The smallest absolute Gasteiger partial charge is 0.262 e. The summed E-state index contributed by atoms with van der Waals surface area (Å²) < 4.78 is 23.5. The highest BCUT2D eigenvalue weighted by molar-refractivity contribution is 7.98. The standard InChI is InChI=1S/C24H22N4O5S/c1-30-16-8-6-14(7-9-16)22-26-21(33-27-22)12-34-24-25-18-11-20-19(31-13-32-20)10-17(18)23(29)28(24)15-4-2-3-5-15/h6-11,15H,2-5,12-13H2,1H3. The monoisotopic (exact) mass is 478 g/mol. The van der Waals surface area contributed by atoms with Crippen LogP contribution < -0.4 is 19.8 Å². The van der Waals surface area contributed by atoms with Crippen molar-refractivity contribution in [3.8, 4) is 28.6 Å². The van der Waals surface area contributed by atoms with Gasteiger partial charge >= 0.3 is 0 Å². The van der Waals surface area contributed by atoms with E-state index < -0.39 is 0 Å². The van der Waals surface area contributed by atoms with Crippen LogP contribution in [0.15, 0.2) is 50.9 Å². The quantitative estimate of drug-likeness (QED) is 0.291. The van der Waals surface area contributed by atoms with Gasteiger partial charge in [-0.3, -0.25) is 9.36 Å². The summed E-state index contributed by atoms with van der Waals surface area (Å²) in [6, 6.07) is 11.1. The van der Waals surface area contributed by atoms with Gasteiger partial charge in [0.2, 0.25) is 18.5 Å². The van der Waals surface area contributed by atoms with E-state index in [0.717, 1.165) is 37.0 Å². The molecule has 1 aliphatic heterocycles. The van der Waals surface area contributed by atoms with Gasteiger partial charge in [-0.05, 0) is 43.2 Å². The van der Waals surface area contributed by atoms with Crippen molar-refractivity contribution in [2.75, 3.05) is 13.9 Å². The fraction of sp³-hybridized carbons (Fsp3) is 0.333. The Balaban J connectivity index is 1.32. The average Bonchev–Trinajstić information content (AvgIpc) is 3.64. The van der Waals surface area contributed by atoms with Crippen LogP contribution in [0.2, 0.25) is 0 Å². The topological polar surface area (TPSA) is 102 Å². The molecule has 34 heavy (non-hydrogen) atoms. The van der Waals surface area contributed by atoms with Gasteiger partial charge in [0.05, 0.1) is 23.8 Å². The lowest BCUT2D eigenvalue weighted by atomic mass is 10.2. The maximum Gasteiger partial charge on any atom is 0.262 e. The van der Waals surface area contributed by atoms with Gasteiger partial charge in [0.15, 0.2) is 16.7 Å². The first kappa shape index (κ1) is 21.0. The Morgan fingerprint density at radius 1 is 1.09 bits per heavy atom. The molecular weight excluding hydrogens is 456 g/mol. The zero-order chi connectivity index (χ0) is 23.1. The van der Waals surface area contributed by atoms with Crippen molar-refractivity contribution in [3.05, 3.63) is 52.6 Å². The van der Waals surface area contributed by atoms with Crippen LogP contribution in [0, 0.1) is 0 Å². The van der Waals surface area contributed by atoms with Gasteiger partial charge in [-0.15, -0.1) is 0 Å². The summed E-state index contributed by atoms with van der Waals surface area (Å²) in [6.45, 7) is 0.151. The maximum atomic E-state index is 13.5. The molecule has 0 saturated heterocycles. The predicted octanol–water partition coefficient (Wildman–Crippen LogP) is 4.59. The molecule has 2 aliphatic rings.